The van der Waals surface area contributed by atoms with E-state index in [1.807, 2.05) is 0 Å². The van der Waals surface area contributed by atoms with Crippen LogP contribution in [0.2, 0.25) is 0 Å². The number of rotatable bonds is 4. The van der Waals surface area contributed by atoms with Crippen LogP contribution in [0.4, 0.5) is 4.79 Å². The Labute approximate surface area is 113 Å². The van der Waals surface area contributed by atoms with Crippen LogP contribution >= 0.6 is 0 Å². The number of nitrogens with one attached hydrogen (secondary N) is 1. The zero-order valence-corrected chi connectivity index (χ0v) is 11.7. The Balaban J connectivity index is 1.78. The van der Waals surface area contributed by atoms with Gasteiger partial charge in [-0.1, -0.05) is 0 Å². The Hall–Kier alpha value is -1.30. The number of nitrogens with zero attached hydrogens (tertiary/aromatic N) is 2. The highest BCUT2D eigenvalue weighted by atomic mass is 16.4. The van der Waals surface area contributed by atoms with Crippen molar-refractivity contribution in [1.29, 1.82) is 0 Å². The second-order valence-electron chi connectivity index (χ2n) is 5.89. The highest BCUT2D eigenvalue weighted by molar-refractivity contribution is 5.80. The molecule has 108 valence electrons. The van der Waals surface area contributed by atoms with Gasteiger partial charge < -0.3 is 20.2 Å². The summed E-state index contributed by atoms with van der Waals surface area (Å²) in [6, 6.07) is 0.109. The molecule has 0 spiro atoms. The third kappa shape index (κ3) is 3.18. The summed E-state index contributed by atoms with van der Waals surface area (Å²) in [6.07, 6.45) is 3.29. The van der Waals surface area contributed by atoms with Gasteiger partial charge in [-0.25, -0.2) is 4.79 Å². The average Bonchev–Trinajstić information content (AvgIpc) is 3.17. The van der Waals surface area contributed by atoms with E-state index in [2.05, 4.69) is 17.3 Å². The van der Waals surface area contributed by atoms with Crippen LogP contribution in [0.25, 0.3) is 0 Å². The summed E-state index contributed by atoms with van der Waals surface area (Å²) in [5, 5.41) is 11.8. The van der Waals surface area contributed by atoms with Crippen LogP contribution in [-0.2, 0) is 4.79 Å². The van der Waals surface area contributed by atoms with Crippen molar-refractivity contribution < 1.29 is 14.7 Å². The number of carbonyl (C=O) groups excluding carboxylic acids is 1. The summed E-state index contributed by atoms with van der Waals surface area (Å²) in [5.74, 6) is -0.797. The number of piperidine rings is 1. The maximum Gasteiger partial charge on any atom is 0.317 e. The lowest BCUT2D eigenvalue weighted by Gasteiger charge is -2.35. The van der Waals surface area contributed by atoms with Crippen LogP contribution in [0.5, 0.6) is 0 Å². The van der Waals surface area contributed by atoms with Crippen molar-refractivity contribution in [3.8, 4) is 0 Å². The smallest absolute Gasteiger partial charge is 0.317 e. The molecule has 2 rings (SSSR count). The first kappa shape index (κ1) is 14.1. The molecule has 0 bridgehead atoms. The molecule has 0 aromatic heterocycles. The van der Waals surface area contributed by atoms with E-state index in [0.29, 0.717) is 12.8 Å². The molecule has 0 aromatic carbocycles. The van der Waals surface area contributed by atoms with E-state index in [-0.39, 0.29) is 18.6 Å². The van der Waals surface area contributed by atoms with Crippen molar-refractivity contribution in [3.05, 3.63) is 0 Å². The fraction of sp³-hybridized carbons (Fsp3) is 0.846. The molecule has 0 atom stereocenters. The fourth-order valence-electron chi connectivity index (χ4n) is 2.53. The van der Waals surface area contributed by atoms with E-state index in [1.54, 1.807) is 11.9 Å². The van der Waals surface area contributed by atoms with Gasteiger partial charge in [0.1, 0.15) is 0 Å². The van der Waals surface area contributed by atoms with Crippen molar-refractivity contribution in [1.82, 2.24) is 15.1 Å². The average molecular weight is 269 g/mol. The zero-order chi connectivity index (χ0) is 14.0. The van der Waals surface area contributed by atoms with Crippen molar-refractivity contribution in [2.75, 3.05) is 33.7 Å². The highest BCUT2D eigenvalue weighted by Gasteiger charge is 2.50. The number of aliphatic carboxylic acids is 1. The van der Waals surface area contributed by atoms with Crippen molar-refractivity contribution in [2.24, 2.45) is 5.41 Å². The molecule has 0 aromatic rings. The molecule has 6 nitrogen and oxygen atoms in total. The number of carboxylic acid groups (broad SMARTS) is 1. The van der Waals surface area contributed by atoms with Crippen LogP contribution in [0.1, 0.15) is 25.7 Å². The molecular formula is C13H23N3O3. The molecule has 2 aliphatic rings. The van der Waals surface area contributed by atoms with Crippen molar-refractivity contribution >= 4 is 12.0 Å². The molecule has 2 N–H and O–H groups in total. The maximum absolute atomic E-state index is 12.0. The van der Waals surface area contributed by atoms with E-state index in [1.165, 1.54) is 0 Å². The lowest BCUT2D eigenvalue weighted by Crippen LogP contribution is -2.49. The molecule has 1 aliphatic heterocycles. The summed E-state index contributed by atoms with van der Waals surface area (Å²) in [5.41, 5.74) is -0.691. The molecule has 1 saturated heterocycles. The largest absolute Gasteiger partial charge is 0.481 e. The molecule has 2 fully saturated rings. The van der Waals surface area contributed by atoms with E-state index in [0.717, 1.165) is 25.9 Å². The summed E-state index contributed by atoms with van der Waals surface area (Å²) in [6.45, 7) is 2.25. The van der Waals surface area contributed by atoms with E-state index >= 15 is 0 Å². The van der Waals surface area contributed by atoms with Gasteiger partial charge in [-0.05, 0) is 45.8 Å². The summed E-state index contributed by atoms with van der Waals surface area (Å²) in [7, 11) is 3.88. The lowest BCUT2D eigenvalue weighted by atomic mass is 10.0. The molecule has 19 heavy (non-hydrogen) atoms. The number of hydrogen-bond acceptors (Lipinski definition) is 3. The Bertz CT molecular complexity index is 360. The Morgan fingerprint density at radius 1 is 1.37 bits per heavy atom. The summed E-state index contributed by atoms with van der Waals surface area (Å²) >= 11 is 0. The first-order chi connectivity index (χ1) is 8.94. The maximum atomic E-state index is 12.0. The Morgan fingerprint density at radius 3 is 2.42 bits per heavy atom. The van der Waals surface area contributed by atoms with Gasteiger partial charge in [0.05, 0.1) is 5.41 Å². The fourth-order valence-corrected chi connectivity index (χ4v) is 2.53. The quantitative estimate of drug-likeness (QED) is 0.783. The molecule has 0 unspecified atom stereocenters. The second-order valence-corrected chi connectivity index (χ2v) is 5.89. The molecular weight excluding hydrogens is 246 g/mol. The van der Waals surface area contributed by atoms with Crippen LogP contribution < -0.4 is 5.32 Å². The van der Waals surface area contributed by atoms with E-state index < -0.39 is 11.4 Å². The van der Waals surface area contributed by atoms with Gasteiger partial charge in [-0.15, -0.1) is 0 Å². The number of urea groups is 1. The minimum Gasteiger partial charge on any atom is -0.481 e. The number of likely N-dealkylation sites (tertiary alicyclic amines) is 1. The molecule has 1 heterocycles. The van der Waals surface area contributed by atoms with Gasteiger partial charge in [0.2, 0.25) is 0 Å². The Kier molecular flexibility index (Phi) is 3.99. The van der Waals surface area contributed by atoms with Crippen molar-refractivity contribution in [3.63, 3.8) is 0 Å². The monoisotopic (exact) mass is 269 g/mol. The van der Waals surface area contributed by atoms with Gasteiger partial charge in [-0.3, -0.25) is 4.79 Å². The molecule has 1 saturated carbocycles. The predicted molar refractivity (Wildman–Crippen MR) is 71.0 cm³/mol. The minimum absolute atomic E-state index is 0.151. The van der Waals surface area contributed by atoms with Crippen molar-refractivity contribution in [2.45, 2.75) is 31.7 Å². The number of amides is 2. The van der Waals surface area contributed by atoms with Crippen LogP contribution in [0.3, 0.4) is 0 Å². The number of hydrogen-bond donors (Lipinski definition) is 2. The van der Waals surface area contributed by atoms with Gasteiger partial charge in [0, 0.05) is 19.6 Å². The van der Waals surface area contributed by atoms with Gasteiger partial charge >= 0.3 is 12.0 Å². The highest BCUT2D eigenvalue weighted by Crippen LogP contribution is 2.45. The molecule has 1 aliphatic carbocycles. The Morgan fingerprint density at radius 2 is 1.95 bits per heavy atom. The van der Waals surface area contributed by atoms with Gasteiger partial charge in [0.25, 0.3) is 0 Å². The predicted octanol–water partition coefficient (Wildman–Crippen LogP) is 0.587. The second kappa shape index (κ2) is 5.36. The lowest BCUT2D eigenvalue weighted by molar-refractivity contribution is -0.143. The summed E-state index contributed by atoms with van der Waals surface area (Å²) in [4.78, 5) is 27.0. The topological polar surface area (TPSA) is 72.9 Å². The number of carbonyl (C=O) groups is 2. The normalized spacial score (nSPS) is 22.8. The number of carboxylic acids is 1. The first-order valence-electron chi connectivity index (χ1n) is 6.87. The van der Waals surface area contributed by atoms with Gasteiger partial charge in [0.15, 0.2) is 0 Å². The van der Waals surface area contributed by atoms with Gasteiger partial charge in [-0.2, -0.15) is 0 Å². The molecule has 6 heteroatoms. The third-order valence-corrected chi connectivity index (χ3v) is 4.44. The van der Waals surface area contributed by atoms with E-state index in [9.17, 15) is 9.59 Å². The molecule has 0 radical (unpaired) electrons. The van der Waals surface area contributed by atoms with E-state index in [4.69, 9.17) is 5.11 Å². The first-order valence-corrected chi connectivity index (χ1v) is 6.87. The minimum atomic E-state index is -0.797. The third-order valence-electron chi connectivity index (χ3n) is 4.44. The standard InChI is InChI=1S/C13H23N3O3/c1-15-7-3-10(4-8-15)16(2)12(19)14-9-13(5-6-13)11(17)18/h10H,3-9H2,1-2H3,(H,14,19)(H,17,18). The van der Waals surface area contributed by atoms with Crippen LogP contribution in [-0.4, -0.2) is 66.7 Å². The zero-order valence-electron chi connectivity index (χ0n) is 11.7. The van der Waals surface area contributed by atoms with Crippen LogP contribution in [0.15, 0.2) is 0 Å². The SMILES string of the molecule is CN1CCC(N(C)C(=O)NCC2(C(=O)O)CC2)CC1. The summed E-state index contributed by atoms with van der Waals surface area (Å²) < 4.78 is 0. The van der Waals surface area contributed by atoms with Crippen LogP contribution in [0, 0.1) is 5.41 Å². The molecule has 2 amide bonds.